The van der Waals surface area contributed by atoms with Crippen molar-refractivity contribution in [1.82, 2.24) is 25.0 Å². The van der Waals surface area contributed by atoms with E-state index < -0.39 is 5.97 Å². The van der Waals surface area contributed by atoms with Crippen LogP contribution in [-0.2, 0) is 0 Å². The zero-order valence-electron chi connectivity index (χ0n) is 10.4. The van der Waals surface area contributed by atoms with Crippen molar-refractivity contribution in [2.75, 3.05) is 0 Å². The first-order valence-electron chi connectivity index (χ1n) is 5.68. The van der Waals surface area contributed by atoms with Gasteiger partial charge in [0.05, 0.1) is 5.69 Å². The van der Waals surface area contributed by atoms with E-state index in [1.54, 1.807) is 24.5 Å². The third-order valence-corrected chi connectivity index (χ3v) is 3.55. The number of rotatable bonds is 3. The molecule has 0 amide bonds. The number of hydrogen-bond donors (Lipinski definition) is 1. The Morgan fingerprint density at radius 2 is 2.10 bits per heavy atom. The summed E-state index contributed by atoms with van der Waals surface area (Å²) in [6, 6.07) is 3.42. The van der Waals surface area contributed by atoms with Crippen LogP contribution in [0.1, 0.15) is 16.2 Å². The minimum Gasteiger partial charge on any atom is -0.476 e. The van der Waals surface area contributed by atoms with Gasteiger partial charge in [0.1, 0.15) is 5.69 Å². The van der Waals surface area contributed by atoms with Gasteiger partial charge in [-0.2, -0.15) is 4.68 Å². The molecular weight excluding hydrogens is 278 g/mol. The fourth-order valence-electron chi connectivity index (χ4n) is 1.77. The molecule has 0 bridgehead atoms. The van der Waals surface area contributed by atoms with E-state index in [0.29, 0.717) is 16.4 Å². The molecule has 7 nitrogen and oxygen atoms in total. The summed E-state index contributed by atoms with van der Waals surface area (Å²) >= 11 is 1.38. The molecule has 0 atom stereocenters. The van der Waals surface area contributed by atoms with Gasteiger partial charge in [-0.1, -0.05) is 5.21 Å². The SMILES string of the molecule is Cc1csc(-n2nnc(C(=O)O)c2-c2ccncc2)n1. The van der Waals surface area contributed by atoms with Crippen LogP contribution in [0.5, 0.6) is 0 Å². The summed E-state index contributed by atoms with van der Waals surface area (Å²) in [5, 5.41) is 19.3. The highest BCUT2D eigenvalue weighted by Crippen LogP contribution is 2.26. The lowest BCUT2D eigenvalue weighted by Gasteiger charge is -2.03. The fraction of sp³-hybridized carbons (Fsp3) is 0.0833. The lowest BCUT2D eigenvalue weighted by atomic mass is 10.1. The second-order valence-corrected chi connectivity index (χ2v) is 4.85. The number of carboxylic acid groups (broad SMARTS) is 1. The molecule has 8 heteroatoms. The number of carboxylic acids is 1. The van der Waals surface area contributed by atoms with Gasteiger partial charge < -0.3 is 5.11 Å². The minimum atomic E-state index is -1.13. The Morgan fingerprint density at radius 3 is 2.70 bits per heavy atom. The van der Waals surface area contributed by atoms with E-state index in [9.17, 15) is 9.90 Å². The van der Waals surface area contributed by atoms with Gasteiger partial charge >= 0.3 is 5.97 Å². The van der Waals surface area contributed by atoms with E-state index in [2.05, 4.69) is 20.3 Å². The number of aromatic carboxylic acids is 1. The first kappa shape index (κ1) is 12.4. The van der Waals surface area contributed by atoms with Crippen LogP contribution in [0, 0.1) is 6.92 Å². The largest absolute Gasteiger partial charge is 0.476 e. The molecule has 0 aliphatic heterocycles. The van der Waals surface area contributed by atoms with Crippen LogP contribution in [-0.4, -0.2) is 36.0 Å². The van der Waals surface area contributed by atoms with Gasteiger partial charge in [-0.25, -0.2) is 9.78 Å². The normalized spacial score (nSPS) is 10.7. The molecule has 0 saturated carbocycles. The number of thiazole rings is 1. The van der Waals surface area contributed by atoms with Crippen LogP contribution in [0.3, 0.4) is 0 Å². The molecule has 0 aliphatic rings. The second-order valence-electron chi connectivity index (χ2n) is 4.01. The number of aromatic nitrogens is 5. The van der Waals surface area contributed by atoms with Crippen molar-refractivity contribution in [3.63, 3.8) is 0 Å². The lowest BCUT2D eigenvalue weighted by molar-refractivity contribution is 0.0691. The predicted octanol–water partition coefficient (Wildman–Crippen LogP) is 1.79. The zero-order valence-corrected chi connectivity index (χ0v) is 11.2. The van der Waals surface area contributed by atoms with Gasteiger partial charge in [0, 0.05) is 23.3 Å². The number of carbonyl (C=O) groups is 1. The fourth-order valence-corrected chi connectivity index (χ4v) is 2.52. The van der Waals surface area contributed by atoms with Gasteiger partial charge in [0.2, 0.25) is 5.13 Å². The highest BCUT2D eigenvalue weighted by molar-refractivity contribution is 7.12. The van der Waals surface area contributed by atoms with E-state index in [4.69, 9.17) is 0 Å². The van der Waals surface area contributed by atoms with E-state index >= 15 is 0 Å². The maximum Gasteiger partial charge on any atom is 0.358 e. The highest BCUT2D eigenvalue weighted by Gasteiger charge is 2.22. The van der Waals surface area contributed by atoms with Crippen molar-refractivity contribution in [3.8, 4) is 16.4 Å². The molecule has 20 heavy (non-hydrogen) atoms. The molecule has 0 spiro atoms. The first-order chi connectivity index (χ1) is 9.66. The first-order valence-corrected chi connectivity index (χ1v) is 6.56. The maximum absolute atomic E-state index is 11.3. The van der Waals surface area contributed by atoms with Crippen LogP contribution in [0.15, 0.2) is 29.9 Å². The Balaban J connectivity index is 2.24. The number of nitrogens with zero attached hydrogens (tertiary/aromatic N) is 5. The topological polar surface area (TPSA) is 93.8 Å². The summed E-state index contributed by atoms with van der Waals surface area (Å²) in [7, 11) is 0. The van der Waals surface area contributed by atoms with Crippen LogP contribution in [0.25, 0.3) is 16.4 Å². The summed E-state index contributed by atoms with van der Waals surface area (Å²) in [4.78, 5) is 19.5. The summed E-state index contributed by atoms with van der Waals surface area (Å²) in [5.41, 5.74) is 1.81. The Labute approximate surface area is 117 Å². The number of pyridine rings is 1. The summed E-state index contributed by atoms with van der Waals surface area (Å²) in [6.45, 7) is 1.86. The van der Waals surface area contributed by atoms with E-state index in [1.165, 1.54) is 16.0 Å². The molecule has 0 unspecified atom stereocenters. The van der Waals surface area contributed by atoms with Crippen molar-refractivity contribution in [2.24, 2.45) is 0 Å². The molecular formula is C12H9N5O2S. The monoisotopic (exact) mass is 287 g/mol. The molecule has 0 aromatic carbocycles. The molecule has 3 aromatic rings. The van der Waals surface area contributed by atoms with Gasteiger partial charge in [-0.3, -0.25) is 4.98 Å². The zero-order chi connectivity index (χ0) is 14.1. The quantitative estimate of drug-likeness (QED) is 0.789. The Hall–Kier alpha value is -2.61. The van der Waals surface area contributed by atoms with Crippen molar-refractivity contribution in [2.45, 2.75) is 6.92 Å². The molecule has 0 radical (unpaired) electrons. The Kier molecular flexibility index (Phi) is 2.99. The van der Waals surface area contributed by atoms with Crippen molar-refractivity contribution < 1.29 is 9.90 Å². The summed E-state index contributed by atoms with van der Waals surface area (Å²) in [5.74, 6) is -1.13. The van der Waals surface area contributed by atoms with Gasteiger partial charge in [-0.05, 0) is 19.1 Å². The van der Waals surface area contributed by atoms with Crippen LogP contribution < -0.4 is 0 Å². The lowest BCUT2D eigenvalue weighted by Crippen LogP contribution is -2.03. The molecule has 0 aliphatic carbocycles. The Morgan fingerprint density at radius 1 is 1.35 bits per heavy atom. The smallest absolute Gasteiger partial charge is 0.358 e. The molecule has 3 rings (SSSR count). The van der Waals surface area contributed by atoms with E-state index in [-0.39, 0.29) is 5.69 Å². The van der Waals surface area contributed by atoms with Crippen LogP contribution in [0.4, 0.5) is 0 Å². The van der Waals surface area contributed by atoms with Crippen LogP contribution >= 0.6 is 11.3 Å². The molecule has 0 fully saturated rings. The number of aryl methyl sites for hydroxylation is 1. The van der Waals surface area contributed by atoms with Crippen molar-refractivity contribution in [3.05, 3.63) is 41.3 Å². The second kappa shape index (κ2) is 4.82. The predicted molar refractivity (Wildman–Crippen MR) is 72.0 cm³/mol. The summed E-state index contributed by atoms with van der Waals surface area (Å²) < 4.78 is 1.44. The van der Waals surface area contributed by atoms with Crippen molar-refractivity contribution >= 4 is 17.3 Å². The van der Waals surface area contributed by atoms with Crippen LogP contribution in [0.2, 0.25) is 0 Å². The molecule has 3 aromatic heterocycles. The third kappa shape index (κ3) is 2.05. The summed E-state index contributed by atoms with van der Waals surface area (Å²) in [6.07, 6.45) is 3.18. The molecule has 0 saturated heterocycles. The minimum absolute atomic E-state index is 0.107. The maximum atomic E-state index is 11.3. The standard InChI is InChI=1S/C12H9N5O2S/c1-7-6-20-12(14-7)17-10(8-2-4-13-5-3-8)9(11(18)19)15-16-17/h2-6H,1H3,(H,18,19). The third-order valence-electron chi connectivity index (χ3n) is 2.61. The molecule has 3 heterocycles. The van der Waals surface area contributed by atoms with Gasteiger partial charge in [0.15, 0.2) is 5.69 Å². The van der Waals surface area contributed by atoms with E-state index in [0.717, 1.165) is 5.69 Å². The van der Waals surface area contributed by atoms with E-state index in [1.807, 2.05) is 12.3 Å². The average molecular weight is 287 g/mol. The molecule has 100 valence electrons. The highest BCUT2D eigenvalue weighted by atomic mass is 32.1. The Bertz CT molecular complexity index is 765. The molecule has 1 N–H and O–H groups in total. The van der Waals surface area contributed by atoms with Gasteiger partial charge in [0.25, 0.3) is 0 Å². The van der Waals surface area contributed by atoms with Gasteiger partial charge in [-0.15, -0.1) is 16.4 Å². The number of hydrogen-bond acceptors (Lipinski definition) is 6. The van der Waals surface area contributed by atoms with Crippen molar-refractivity contribution in [1.29, 1.82) is 0 Å². The average Bonchev–Trinajstić information content (AvgIpc) is 3.05.